The highest BCUT2D eigenvalue weighted by Gasteiger charge is 2.52. The van der Waals surface area contributed by atoms with Crippen molar-refractivity contribution in [2.45, 2.75) is 249 Å². The SMILES string of the molecule is CC[C@H](C)[C@H](NC(=O)[C@@H](N)C(C)C)C(=O)N[C@H](C(=O)N[C@@H](C)C(=O)N[C@@H](Cc1ccccc1)C(=O)N[C@@H](CC(=O)N[C@@H]1O[C@H](CO)[C@@H](O[C@@H]2O[C@H](CO)[C@@H](O)[C@H](O)[C@H]2NC(C)=O)[C@H](O)[C@H]1NC(C)=O)C(=O)N[C@@H](CCC(=O)O)C(=O)NCC(=O)N[C@@H](CC(C)C)C(=O)N[C@@H](CCCCN)C(=O)O)[C@@H](C)O. The molecule has 0 aliphatic carbocycles. The molecule has 0 spiro atoms. The standard InChI is InChI=1S/C66H108N14O25/c1-11-31(6)48(79-61(98)47(68)30(4)5)62(99)80-49(33(8)83)63(100)70-32(7)56(93)76-40(24-36-17-13-12-14-18-36)59(96)77-41(60(97)74-37(20-21-46(88)89)57(94)69-26-45(87)73-39(23-29(2)3)58(95)75-38(65(101)102)19-15-16-22-67)25-44(86)78-64-50(71-34(9)84)54(92)55(43(28-82)103-64)105-66-51(72-35(10)85)53(91)52(90)42(27-81)104-66/h12-14,17-18,29-33,37-43,47-55,64,66,81-83,90-92H,11,15-16,19-28,67-68H2,1-10H3,(H,69,94)(H,70,100)(H,71,84)(H,72,85)(H,73,87)(H,74,97)(H,75,95)(H,76,93)(H,77,96)(H,78,86)(H,79,98)(H,80,99)(H,88,89)(H,101,102)/t31-,32-,33+,37-,38-,39-,40-,41-,42+,43+,47-,48-,49-,50+,51+,52+,53+,54+,55+,64+,66-/m0/s1. The van der Waals surface area contributed by atoms with Crippen molar-refractivity contribution >= 4 is 82.8 Å². The number of ether oxygens (including phenoxy) is 3. The van der Waals surface area contributed by atoms with Crippen LogP contribution < -0.4 is 75.3 Å². The van der Waals surface area contributed by atoms with Crippen molar-refractivity contribution in [2.75, 3.05) is 26.3 Å². The van der Waals surface area contributed by atoms with Crippen molar-refractivity contribution in [2.24, 2.45) is 29.2 Å². The molecule has 105 heavy (non-hydrogen) atoms. The minimum Gasteiger partial charge on any atom is -0.481 e. The molecular formula is C66H108N14O25. The summed E-state index contributed by atoms with van der Waals surface area (Å²) in [4.78, 5) is 190. The van der Waals surface area contributed by atoms with E-state index < -0.39 is 256 Å². The molecule has 0 aromatic heterocycles. The van der Waals surface area contributed by atoms with Gasteiger partial charge in [0.25, 0.3) is 0 Å². The van der Waals surface area contributed by atoms with E-state index in [0.717, 1.165) is 20.8 Å². The Balaban J connectivity index is 2.12. The molecule has 39 heteroatoms. The molecule has 21 atom stereocenters. The van der Waals surface area contributed by atoms with Crippen LogP contribution in [0.4, 0.5) is 0 Å². The fourth-order valence-electron chi connectivity index (χ4n) is 11.1. The summed E-state index contributed by atoms with van der Waals surface area (Å²) in [5.41, 5.74) is 11.9. The van der Waals surface area contributed by atoms with E-state index in [2.05, 4.69) is 63.8 Å². The van der Waals surface area contributed by atoms with Crippen LogP contribution in [-0.2, 0) is 87.8 Å². The van der Waals surface area contributed by atoms with Crippen LogP contribution in [0, 0.1) is 17.8 Å². The smallest absolute Gasteiger partial charge is 0.326 e. The predicted octanol–water partition coefficient (Wildman–Crippen LogP) is -7.80. The number of carboxylic acid groups (broad SMARTS) is 2. The Hall–Kier alpha value is -8.64. The van der Waals surface area contributed by atoms with Crippen LogP contribution in [0.1, 0.15) is 126 Å². The fraction of sp³-hybridized carbons (Fsp3) is 0.697. The molecule has 0 saturated carbocycles. The van der Waals surface area contributed by atoms with E-state index in [9.17, 15) is 108 Å². The number of aliphatic carboxylic acids is 2. The molecule has 592 valence electrons. The summed E-state index contributed by atoms with van der Waals surface area (Å²) >= 11 is 0. The number of aliphatic hydroxyl groups excluding tert-OH is 6. The van der Waals surface area contributed by atoms with Crippen molar-refractivity contribution in [3.63, 3.8) is 0 Å². The zero-order chi connectivity index (χ0) is 79.3. The first-order chi connectivity index (χ1) is 49.3. The second-order valence-corrected chi connectivity index (χ2v) is 26.9. The van der Waals surface area contributed by atoms with Gasteiger partial charge >= 0.3 is 11.9 Å². The van der Waals surface area contributed by atoms with Gasteiger partial charge < -0.3 is 130 Å². The predicted molar refractivity (Wildman–Crippen MR) is 367 cm³/mol. The Bertz CT molecular complexity index is 3100. The number of hydrogen-bond acceptors (Lipinski definition) is 25. The summed E-state index contributed by atoms with van der Waals surface area (Å²) in [5, 5.41) is 113. The summed E-state index contributed by atoms with van der Waals surface area (Å²) in [5.74, 6) is -16.5. The average Bonchev–Trinajstić information content (AvgIpc) is 0.777. The number of nitrogens with two attached hydrogens (primary N) is 2. The lowest BCUT2D eigenvalue weighted by Crippen LogP contribution is -2.71. The Morgan fingerprint density at radius 3 is 1.69 bits per heavy atom. The van der Waals surface area contributed by atoms with Crippen molar-refractivity contribution in [1.29, 1.82) is 0 Å². The van der Waals surface area contributed by atoms with Crippen molar-refractivity contribution in [3.05, 3.63) is 35.9 Å². The molecule has 1 aromatic rings. The first kappa shape index (κ1) is 90.6. The largest absolute Gasteiger partial charge is 0.481 e. The van der Waals surface area contributed by atoms with Crippen molar-refractivity contribution in [3.8, 4) is 0 Å². The van der Waals surface area contributed by atoms with Crippen LogP contribution in [0.5, 0.6) is 0 Å². The number of hydrogen-bond donors (Lipinski definition) is 22. The molecule has 3 rings (SSSR count). The topological polar surface area (TPSA) is 625 Å². The number of carbonyl (C=O) groups excluding carboxylic acids is 12. The van der Waals surface area contributed by atoms with E-state index in [-0.39, 0.29) is 31.2 Å². The van der Waals surface area contributed by atoms with Crippen LogP contribution >= 0.6 is 0 Å². The van der Waals surface area contributed by atoms with Gasteiger partial charge in [0.1, 0.15) is 97.0 Å². The molecule has 2 fully saturated rings. The molecule has 2 saturated heterocycles. The van der Waals surface area contributed by atoms with E-state index in [1.807, 2.05) is 0 Å². The number of unbranched alkanes of at least 4 members (excludes halogenated alkanes) is 1. The highest BCUT2D eigenvalue weighted by atomic mass is 16.7. The van der Waals surface area contributed by atoms with Gasteiger partial charge in [0.05, 0.1) is 38.3 Å². The van der Waals surface area contributed by atoms with Gasteiger partial charge in [0.2, 0.25) is 70.9 Å². The maximum atomic E-state index is 14.9. The molecule has 12 amide bonds. The third kappa shape index (κ3) is 29.3. The molecule has 1 aromatic carbocycles. The average molecular weight is 1500 g/mol. The molecule has 2 aliphatic rings. The Morgan fingerprint density at radius 1 is 0.571 bits per heavy atom. The minimum absolute atomic E-state index is 0.00816. The highest BCUT2D eigenvalue weighted by molar-refractivity contribution is 5.99. The van der Waals surface area contributed by atoms with Crippen LogP contribution in [0.2, 0.25) is 0 Å². The number of carbonyl (C=O) groups is 14. The normalized spacial score (nSPS) is 23.2. The van der Waals surface area contributed by atoms with Gasteiger partial charge in [0.15, 0.2) is 12.5 Å². The second kappa shape index (κ2) is 44.4. The first-order valence-corrected chi connectivity index (χ1v) is 34.7. The van der Waals surface area contributed by atoms with Gasteiger partial charge in [-0.15, -0.1) is 0 Å². The number of aliphatic hydroxyl groups is 6. The number of nitrogens with one attached hydrogen (secondary N) is 12. The van der Waals surface area contributed by atoms with Gasteiger partial charge in [-0.3, -0.25) is 62.3 Å². The summed E-state index contributed by atoms with van der Waals surface area (Å²) < 4.78 is 17.6. The number of amides is 12. The molecule has 0 radical (unpaired) electrons. The van der Waals surface area contributed by atoms with E-state index >= 15 is 0 Å². The Morgan fingerprint density at radius 2 is 1.13 bits per heavy atom. The summed E-state index contributed by atoms with van der Waals surface area (Å²) in [6.45, 7) is 11.9. The van der Waals surface area contributed by atoms with Gasteiger partial charge in [-0.05, 0) is 75.8 Å². The number of benzene rings is 1. The van der Waals surface area contributed by atoms with Crippen LogP contribution in [-0.4, -0.2) is 272 Å². The van der Waals surface area contributed by atoms with Gasteiger partial charge in [0, 0.05) is 26.7 Å². The molecular weight excluding hydrogens is 1390 g/mol. The highest BCUT2D eigenvalue weighted by Crippen LogP contribution is 2.29. The summed E-state index contributed by atoms with van der Waals surface area (Å²) in [6.07, 6.45) is -18.2. The summed E-state index contributed by atoms with van der Waals surface area (Å²) in [6, 6.07) is -9.86. The lowest BCUT2D eigenvalue weighted by molar-refractivity contribution is -0.315. The lowest BCUT2D eigenvalue weighted by Gasteiger charge is -2.48. The molecule has 24 N–H and O–H groups in total. The zero-order valence-electron chi connectivity index (χ0n) is 60.5. The number of rotatable bonds is 43. The van der Waals surface area contributed by atoms with Gasteiger partial charge in [-0.1, -0.05) is 78.3 Å². The fourth-order valence-corrected chi connectivity index (χ4v) is 11.1. The monoisotopic (exact) mass is 1500 g/mol. The molecule has 0 unspecified atom stereocenters. The first-order valence-electron chi connectivity index (χ1n) is 34.7. The Kier molecular flexibility index (Phi) is 38.3. The number of carboxylic acids is 2. The molecule has 2 aliphatic heterocycles. The third-order valence-corrected chi connectivity index (χ3v) is 17.3. The maximum absolute atomic E-state index is 14.9. The Labute approximate surface area is 607 Å². The lowest BCUT2D eigenvalue weighted by atomic mass is 9.94. The van der Waals surface area contributed by atoms with Crippen LogP contribution in [0.3, 0.4) is 0 Å². The van der Waals surface area contributed by atoms with Crippen molar-refractivity contribution in [1.82, 2.24) is 63.8 Å². The second-order valence-electron chi connectivity index (χ2n) is 26.9. The van der Waals surface area contributed by atoms with E-state index in [4.69, 9.17) is 25.7 Å². The zero-order valence-corrected chi connectivity index (χ0v) is 60.5. The molecule has 0 bridgehead atoms. The maximum Gasteiger partial charge on any atom is 0.326 e. The quantitative estimate of drug-likeness (QED) is 0.0270. The van der Waals surface area contributed by atoms with Gasteiger partial charge in [-0.25, -0.2) is 4.79 Å². The van der Waals surface area contributed by atoms with E-state index in [1.54, 1.807) is 59.7 Å². The van der Waals surface area contributed by atoms with Crippen LogP contribution in [0.15, 0.2) is 30.3 Å². The van der Waals surface area contributed by atoms with E-state index in [1.165, 1.54) is 19.1 Å². The minimum atomic E-state index is -2.22. The van der Waals surface area contributed by atoms with E-state index in [0.29, 0.717) is 24.8 Å². The van der Waals surface area contributed by atoms with Crippen LogP contribution in [0.25, 0.3) is 0 Å². The van der Waals surface area contributed by atoms with Crippen molar-refractivity contribution < 1.29 is 122 Å². The third-order valence-electron chi connectivity index (χ3n) is 17.3. The summed E-state index contributed by atoms with van der Waals surface area (Å²) in [7, 11) is 0. The van der Waals surface area contributed by atoms with Gasteiger partial charge in [-0.2, -0.15) is 0 Å². The molecule has 39 nitrogen and oxygen atoms in total. The molecule has 2 heterocycles.